The zero-order chi connectivity index (χ0) is 15.4. The van der Waals surface area contributed by atoms with Gasteiger partial charge in [-0.3, -0.25) is 0 Å². The lowest BCUT2D eigenvalue weighted by molar-refractivity contribution is 0.303. The summed E-state index contributed by atoms with van der Waals surface area (Å²) in [4.78, 5) is 0. The van der Waals surface area contributed by atoms with E-state index in [1.807, 2.05) is 27.0 Å². The Labute approximate surface area is 126 Å². The summed E-state index contributed by atoms with van der Waals surface area (Å²) < 4.78 is 19.0. The molecule has 2 aromatic carbocycles. The molecule has 112 valence electrons. The fourth-order valence-corrected chi connectivity index (χ4v) is 2.25. The summed E-state index contributed by atoms with van der Waals surface area (Å²) in [6.07, 6.45) is 0. The van der Waals surface area contributed by atoms with Crippen molar-refractivity contribution in [1.82, 2.24) is 5.32 Å². The van der Waals surface area contributed by atoms with Crippen LogP contribution in [0.25, 0.3) is 0 Å². The van der Waals surface area contributed by atoms with Crippen molar-refractivity contribution < 1.29 is 9.13 Å². The van der Waals surface area contributed by atoms with E-state index in [0.29, 0.717) is 12.6 Å². The Morgan fingerprint density at radius 3 is 2.48 bits per heavy atom. The SMILES string of the molecule is CNC(C)c1ccc(OCc2ccc(F)cc2C)c(C)c1. The minimum absolute atomic E-state index is 0.210. The second-order valence-electron chi connectivity index (χ2n) is 5.39. The lowest BCUT2D eigenvalue weighted by Crippen LogP contribution is -2.12. The summed E-state index contributed by atoms with van der Waals surface area (Å²) >= 11 is 0. The molecule has 0 saturated carbocycles. The topological polar surface area (TPSA) is 21.3 Å². The van der Waals surface area contributed by atoms with E-state index in [1.54, 1.807) is 6.07 Å². The van der Waals surface area contributed by atoms with E-state index in [0.717, 1.165) is 22.4 Å². The third-order valence-corrected chi connectivity index (χ3v) is 3.82. The molecule has 0 saturated heterocycles. The Morgan fingerprint density at radius 1 is 1.10 bits per heavy atom. The Bertz CT molecular complexity index is 625. The third-order valence-electron chi connectivity index (χ3n) is 3.82. The molecule has 2 aromatic rings. The summed E-state index contributed by atoms with van der Waals surface area (Å²) in [6, 6.07) is 11.3. The van der Waals surface area contributed by atoms with Gasteiger partial charge in [0.15, 0.2) is 0 Å². The van der Waals surface area contributed by atoms with Crippen LogP contribution in [0.2, 0.25) is 0 Å². The van der Waals surface area contributed by atoms with Crippen LogP contribution in [0, 0.1) is 19.7 Å². The van der Waals surface area contributed by atoms with Crippen molar-refractivity contribution in [3.63, 3.8) is 0 Å². The van der Waals surface area contributed by atoms with Gasteiger partial charge in [-0.25, -0.2) is 4.39 Å². The molecule has 1 N–H and O–H groups in total. The zero-order valence-corrected chi connectivity index (χ0v) is 13.0. The van der Waals surface area contributed by atoms with Gasteiger partial charge < -0.3 is 10.1 Å². The molecule has 0 aliphatic rings. The fourth-order valence-electron chi connectivity index (χ4n) is 2.25. The van der Waals surface area contributed by atoms with Crippen molar-refractivity contribution in [1.29, 1.82) is 0 Å². The quantitative estimate of drug-likeness (QED) is 0.885. The first-order valence-electron chi connectivity index (χ1n) is 7.17. The molecule has 0 amide bonds. The number of hydrogen-bond donors (Lipinski definition) is 1. The highest BCUT2D eigenvalue weighted by molar-refractivity contribution is 5.37. The van der Waals surface area contributed by atoms with Gasteiger partial charge in [-0.1, -0.05) is 18.2 Å². The van der Waals surface area contributed by atoms with Crippen LogP contribution in [-0.2, 0) is 6.61 Å². The van der Waals surface area contributed by atoms with E-state index in [2.05, 4.69) is 24.4 Å². The van der Waals surface area contributed by atoms with Crippen LogP contribution in [0.3, 0.4) is 0 Å². The van der Waals surface area contributed by atoms with Crippen LogP contribution in [0.15, 0.2) is 36.4 Å². The highest BCUT2D eigenvalue weighted by atomic mass is 19.1. The van der Waals surface area contributed by atoms with E-state index in [9.17, 15) is 4.39 Å². The number of nitrogens with one attached hydrogen (secondary N) is 1. The Hall–Kier alpha value is -1.87. The van der Waals surface area contributed by atoms with Gasteiger partial charge in [0, 0.05) is 6.04 Å². The molecule has 0 aromatic heterocycles. The predicted octanol–water partition coefficient (Wildman–Crippen LogP) is 4.30. The van der Waals surface area contributed by atoms with Crippen molar-refractivity contribution >= 4 is 0 Å². The molecule has 0 radical (unpaired) electrons. The van der Waals surface area contributed by atoms with Crippen molar-refractivity contribution in [2.24, 2.45) is 0 Å². The first kappa shape index (κ1) is 15.5. The van der Waals surface area contributed by atoms with Gasteiger partial charge in [0.1, 0.15) is 18.2 Å². The maximum absolute atomic E-state index is 13.1. The summed E-state index contributed by atoms with van der Waals surface area (Å²) in [7, 11) is 1.95. The number of benzene rings is 2. The van der Waals surface area contributed by atoms with E-state index in [4.69, 9.17) is 4.74 Å². The van der Waals surface area contributed by atoms with E-state index >= 15 is 0 Å². The van der Waals surface area contributed by atoms with Gasteiger partial charge in [-0.15, -0.1) is 0 Å². The second-order valence-corrected chi connectivity index (χ2v) is 5.39. The predicted molar refractivity (Wildman–Crippen MR) is 84.1 cm³/mol. The highest BCUT2D eigenvalue weighted by Gasteiger charge is 2.07. The van der Waals surface area contributed by atoms with Crippen LogP contribution in [0.5, 0.6) is 5.75 Å². The Balaban J connectivity index is 2.10. The average molecular weight is 287 g/mol. The first-order chi connectivity index (χ1) is 10.0. The normalized spacial score (nSPS) is 12.2. The zero-order valence-electron chi connectivity index (χ0n) is 13.0. The lowest BCUT2D eigenvalue weighted by Gasteiger charge is -2.15. The largest absolute Gasteiger partial charge is 0.489 e. The van der Waals surface area contributed by atoms with Crippen molar-refractivity contribution in [2.45, 2.75) is 33.4 Å². The standard InChI is InChI=1S/C18H22FNO/c1-12-10-17(19)7-5-16(12)11-21-18-8-6-15(9-13(18)2)14(3)20-4/h5-10,14,20H,11H2,1-4H3. The van der Waals surface area contributed by atoms with E-state index in [1.165, 1.54) is 17.7 Å². The molecule has 3 heteroatoms. The van der Waals surface area contributed by atoms with Crippen molar-refractivity contribution in [3.05, 3.63) is 64.5 Å². The Morgan fingerprint density at radius 2 is 1.86 bits per heavy atom. The second kappa shape index (κ2) is 6.72. The van der Waals surface area contributed by atoms with Crippen molar-refractivity contribution in [2.75, 3.05) is 7.05 Å². The van der Waals surface area contributed by atoms with Gasteiger partial charge in [0.05, 0.1) is 0 Å². The molecule has 2 rings (SSSR count). The summed E-state index contributed by atoms with van der Waals surface area (Å²) in [5.74, 6) is 0.656. The molecule has 1 unspecified atom stereocenters. The molecule has 0 spiro atoms. The van der Waals surface area contributed by atoms with Gasteiger partial charge in [-0.05, 0) is 68.3 Å². The summed E-state index contributed by atoms with van der Waals surface area (Å²) in [5.41, 5.74) is 4.26. The molecular weight excluding hydrogens is 265 g/mol. The summed E-state index contributed by atoms with van der Waals surface area (Å²) in [6.45, 7) is 6.51. The highest BCUT2D eigenvalue weighted by Crippen LogP contribution is 2.24. The molecule has 0 fully saturated rings. The number of rotatable bonds is 5. The van der Waals surface area contributed by atoms with E-state index < -0.39 is 0 Å². The average Bonchev–Trinajstić information content (AvgIpc) is 2.46. The summed E-state index contributed by atoms with van der Waals surface area (Å²) in [5, 5.41) is 3.22. The number of aryl methyl sites for hydroxylation is 2. The van der Waals surface area contributed by atoms with Crippen LogP contribution < -0.4 is 10.1 Å². The molecule has 0 aliphatic heterocycles. The smallest absolute Gasteiger partial charge is 0.123 e. The molecule has 0 heterocycles. The van der Waals surface area contributed by atoms with Crippen molar-refractivity contribution in [3.8, 4) is 5.75 Å². The molecule has 1 atom stereocenters. The van der Waals surface area contributed by atoms with Gasteiger partial charge in [0.25, 0.3) is 0 Å². The third kappa shape index (κ3) is 3.82. The number of ether oxygens (including phenoxy) is 1. The van der Waals surface area contributed by atoms with Crippen LogP contribution in [0.1, 0.15) is 35.2 Å². The maximum Gasteiger partial charge on any atom is 0.123 e. The van der Waals surface area contributed by atoms with Crippen LogP contribution in [0.4, 0.5) is 4.39 Å². The monoisotopic (exact) mass is 287 g/mol. The van der Waals surface area contributed by atoms with E-state index in [-0.39, 0.29) is 5.82 Å². The minimum Gasteiger partial charge on any atom is -0.489 e. The van der Waals surface area contributed by atoms with Gasteiger partial charge in [-0.2, -0.15) is 0 Å². The molecular formula is C18H22FNO. The number of halogens is 1. The molecule has 0 bridgehead atoms. The fraction of sp³-hybridized carbons (Fsp3) is 0.333. The Kier molecular flexibility index (Phi) is 4.97. The molecule has 2 nitrogen and oxygen atoms in total. The van der Waals surface area contributed by atoms with Gasteiger partial charge >= 0.3 is 0 Å². The molecule has 21 heavy (non-hydrogen) atoms. The lowest BCUT2D eigenvalue weighted by atomic mass is 10.1. The minimum atomic E-state index is -0.210. The van der Waals surface area contributed by atoms with Crippen LogP contribution >= 0.6 is 0 Å². The van der Waals surface area contributed by atoms with Crippen LogP contribution in [-0.4, -0.2) is 7.05 Å². The number of hydrogen-bond acceptors (Lipinski definition) is 2. The molecule has 0 aliphatic carbocycles. The maximum atomic E-state index is 13.1. The van der Waals surface area contributed by atoms with Gasteiger partial charge in [0.2, 0.25) is 0 Å². The first-order valence-corrected chi connectivity index (χ1v) is 7.17.